The minimum absolute atomic E-state index is 0.00146. The summed E-state index contributed by atoms with van der Waals surface area (Å²) < 4.78 is 0. The number of rotatable bonds is 59. The molecule has 27 N–H and O–H groups in total. The Balaban J connectivity index is 3.55. The second-order valence-corrected chi connectivity index (χ2v) is 32.5. The van der Waals surface area contributed by atoms with E-state index < -0.39 is 192 Å². The molecule has 0 aliphatic rings. The number of thioether (sulfide) groups is 2. The Hall–Kier alpha value is -8.28. The number of aromatic amines is 1. The smallest absolute Gasteiger partial charge is 0.245 e. The third kappa shape index (κ3) is 41.3. The highest BCUT2D eigenvalue weighted by atomic mass is 32.2. The van der Waals surface area contributed by atoms with Crippen molar-refractivity contribution in [2.75, 3.05) is 50.2 Å². The number of aliphatic hydroxyl groups is 2. The maximum atomic E-state index is 14.7. The number of nitrogens with two attached hydrogens (primary N) is 5. The number of aliphatic hydroxyl groups excluding tert-OH is 2. The lowest BCUT2D eigenvalue weighted by Crippen LogP contribution is -2.62. The molecule has 15 amide bonds. The summed E-state index contributed by atoms with van der Waals surface area (Å²) in [6.07, 6.45) is 5.58. The highest BCUT2D eigenvalue weighted by molar-refractivity contribution is 7.98. The van der Waals surface area contributed by atoms with Gasteiger partial charge in [-0.25, -0.2) is 4.98 Å². The highest BCUT2D eigenvalue weighted by Gasteiger charge is 2.39. The Kier molecular flexibility index (Phi) is 51.0. The number of carbonyl (C=O) groups is 15. The molecule has 40 heteroatoms. The van der Waals surface area contributed by atoms with Gasteiger partial charge in [-0.3, -0.25) is 71.9 Å². The van der Waals surface area contributed by atoms with Crippen LogP contribution in [0.2, 0.25) is 0 Å². The molecule has 16 atom stereocenters. The van der Waals surface area contributed by atoms with E-state index in [1.165, 1.54) is 63.7 Å². The van der Waals surface area contributed by atoms with Crippen molar-refractivity contribution in [3.8, 4) is 0 Å². The quantitative estimate of drug-likeness (QED) is 0.0277. The van der Waals surface area contributed by atoms with Crippen LogP contribution in [0.1, 0.15) is 185 Å². The van der Waals surface area contributed by atoms with Gasteiger partial charge in [0.05, 0.1) is 31.1 Å². The van der Waals surface area contributed by atoms with E-state index in [4.69, 9.17) is 28.7 Å². The zero-order valence-corrected chi connectivity index (χ0v) is 70.6. The second-order valence-electron chi connectivity index (χ2n) is 30.5. The predicted molar refractivity (Wildman–Crippen MR) is 435 cm³/mol. The maximum absolute atomic E-state index is 14.7. The summed E-state index contributed by atoms with van der Waals surface area (Å²) in [6, 6.07) is -18.4. The van der Waals surface area contributed by atoms with E-state index in [-0.39, 0.29) is 113 Å². The number of primary amides is 1. The van der Waals surface area contributed by atoms with E-state index in [0.29, 0.717) is 50.0 Å². The lowest BCUT2D eigenvalue weighted by molar-refractivity contribution is -0.137. The van der Waals surface area contributed by atoms with Gasteiger partial charge in [0.25, 0.3) is 0 Å². The van der Waals surface area contributed by atoms with E-state index in [1.807, 2.05) is 27.7 Å². The van der Waals surface area contributed by atoms with E-state index >= 15 is 0 Å². The van der Waals surface area contributed by atoms with Crippen LogP contribution in [0.25, 0.3) is 0 Å². The summed E-state index contributed by atoms with van der Waals surface area (Å²) in [7, 11) is 0. The van der Waals surface area contributed by atoms with Crippen molar-refractivity contribution in [3.63, 3.8) is 0 Å². The molecule has 1 heterocycles. The number of nitrogens with zero attached hydrogens (tertiary/aromatic N) is 1. The van der Waals surface area contributed by atoms with Gasteiger partial charge in [-0.15, -0.1) is 0 Å². The van der Waals surface area contributed by atoms with Crippen LogP contribution in [-0.2, 0) is 78.3 Å². The monoisotopic (exact) mass is 1650 g/mol. The van der Waals surface area contributed by atoms with Crippen LogP contribution >= 0.6 is 23.5 Å². The molecule has 1 rings (SSSR count). The largest absolute Gasteiger partial charge is 0.391 e. The van der Waals surface area contributed by atoms with Gasteiger partial charge in [-0.2, -0.15) is 23.5 Å². The lowest BCUT2D eigenvalue weighted by atomic mass is 10.00. The van der Waals surface area contributed by atoms with Gasteiger partial charge in [0.15, 0.2) is 0 Å². The number of hydrogen-bond acceptors (Lipinski definition) is 24. The average Bonchev–Trinajstić information content (AvgIpc) is 1.19. The van der Waals surface area contributed by atoms with Crippen molar-refractivity contribution in [1.82, 2.24) is 84.4 Å². The van der Waals surface area contributed by atoms with Crippen molar-refractivity contribution < 1.29 is 82.1 Å². The summed E-state index contributed by atoms with van der Waals surface area (Å²) >= 11 is 2.68. The van der Waals surface area contributed by atoms with Gasteiger partial charge in [0.2, 0.25) is 88.6 Å². The molecule has 0 saturated heterocycles. The number of unbranched alkanes of at least 4 members (excludes halogenated alkanes) is 3. The molecule has 0 aromatic carbocycles. The van der Waals surface area contributed by atoms with Crippen LogP contribution in [0, 0.1) is 23.7 Å². The predicted octanol–water partition coefficient (Wildman–Crippen LogP) is -3.94. The van der Waals surface area contributed by atoms with Crippen LogP contribution in [0.15, 0.2) is 12.5 Å². The molecule has 0 unspecified atom stereocenters. The van der Waals surface area contributed by atoms with Crippen molar-refractivity contribution in [2.45, 2.75) is 283 Å². The fourth-order valence-corrected chi connectivity index (χ4v) is 12.6. The van der Waals surface area contributed by atoms with E-state index in [2.05, 4.69) is 84.4 Å². The van der Waals surface area contributed by atoms with Crippen LogP contribution < -0.4 is 103 Å². The molecule has 0 radical (unpaired) electrons. The summed E-state index contributed by atoms with van der Waals surface area (Å²) in [5, 5.41) is 58.4. The van der Waals surface area contributed by atoms with Crippen molar-refractivity contribution in [2.24, 2.45) is 52.3 Å². The van der Waals surface area contributed by atoms with Crippen LogP contribution in [0.4, 0.5) is 0 Å². The lowest BCUT2D eigenvalue weighted by Gasteiger charge is -2.29. The van der Waals surface area contributed by atoms with Crippen LogP contribution in [-0.4, -0.2) is 256 Å². The summed E-state index contributed by atoms with van der Waals surface area (Å²) in [5.41, 5.74) is 29.3. The van der Waals surface area contributed by atoms with Crippen LogP contribution in [0.5, 0.6) is 0 Å². The molecule has 0 aliphatic carbocycles. The molecular formula is C74H135N21O17S2. The number of carbonyl (C=O) groups excluding carboxylic acids is 15. The first kappa shape index (κ1) is 104. The zero-order chi connectivity index (χ0) is 86.5. The molecule has 114 heavy (non-hydrogen) atoms. The summed E-state index contributed by atoms with van der Waals surface area (Å²) in [4.78, 5) is 215. The average molecular weight is 1660 g/mol. The molecule has 1 aromatic heterocycles. The first-order chi connectivity index (χ1) is 53.6. The van der Waals surface area contributed by atoms with E-state index in [1.54, 1.807) is 40.2 Å². The third-order valence-corrected chi connectivity index (χ3v) is 19.2. The molecule has 0 bridgehead atoms. The normalized spacial score (nSPS) is 15.6. The van der Waals surface area contributed by atoms with Gasteiger partial charge >= 0.3 is 0 Å². The Labute approximate surface area is 678 Å². The molecular weight excluding hydrogens is 1520 g/mol. The Morgan fingerprint density at radius 1 is 0.386 bits per heavy atom. The first-order valence-corrected chi connectivity index (χ1v) is 42.1. The number of hydrogen-bond donors (Lipinski definition) is 22. The highest BCUT2D eigenvalue weighted by Crippen LogP contribution is 2.16. The molecule has 0 aliphatic heterocycles. The fourth-order valence-electron chi connectivity index (χ4n) is 11.7. The standard InChI is InChI=1S/C74H135N21O17S2/c1-39(2)31-53(61(79)99)89-63(101)44(10)83-65(103)51(24-29-113-13)87-73(111)59(45(11)96)94-58(98)37-81-64(102)54(32-40(3)4)91-67(105)49(22-16-19-27-76)84-66(104)48(21-15-18-26-75)85-70(108)56(34-42(7)8)92-68(106)52(25-30-114-14)88-74(112)60(46(12)97)95-69(107)50(23-17-20-28-77)86-72(110)57(35-47-36-80-38-82-47)93-71(109)55(33-41(5)6)90-62(100)43(9)78/h36,38-46,48-57,59-60,96-97H,15-35,37,75-78H2,1-14H3,(H2,79,99)(H,80,82)(H,81,102)(H,83,103)(H,84,104)(H,85,108)(H,86,110)(H,87,111)(H,88,112)(H,89,101)(H,90,100)(H,91,105)(H,92,106)(H,93,109)(H,94,98)(H,95,107)/t43-,44-,45+,46+,48-,49-,50-,51-,52-,53-,54-,55-,56-,57-,59-,60-/m0/s1. The number of nitrogens with one attached hydrogen (secondary N) is 15. The molecule has 1 aromatic rings. The number of H-pyrrole nitrogens is 1. The maximum Gasteiger partial charge on any atom is 0.245 e. The molecule has 650 valence electrons. The van der Waals surface area contributed by atoms with Crippen LogP contribution in [0.3, 0.4) is 0 Å². The molecule has 0 saturated carbocycles. The van der Waals surface area contributed by atoms with E-state index in [9.17, 15) is 82.1 Å². The number of aromatic nitrogens is 2. The zero-order valence-electron chi connectivity index (χ0n) is 68.9. The topological polar surface area (TPSA) is 624 Å². The van der Waals surface area contributed by atoms with Crippen molar-refractivity contribution in [3.05, 3.63) is 18.2 Å². The first-order valence-electron chi connectivity index (χ1n) is 39.3. The van der Waals surface area contributed by atoms with Gasteiger partial charge in [0, 0.05) is 18.3 Å². The Morgan fingerprint density at radius 2 is 0.702 bits per heavy atom. The second kappa shape index (κ2) is 56.1. The minimum atomic E-state index is -1.75. The van der Waals surface area contributed by atoms with Gasteiger partial charge in [0.1, 0.15) is 78.5 Å². The Bertz CT molecular complexity index is 3190. The van der Waals surface area contributed by atoms with Gasteiger partial charge in [-0.1, -0.05) is 55.4 Å². The van der Waals surface area contributed by atoms with Crippen molar-refractivity contribution in [1.29, 1.82) is 0 Å². The van der Waals surface area contributed by atoms with E-state index in [0.717, 1.165) is 0 Å². The molecule has 0 fully saturated rings. The van der Waals surface area contributed by atoms with Gasteiger partial charge < -0.3 is 118 Å². The molecule has 38 nitrogen and oxygen atoms in total. The fraction of sp³-hybridized carbons (Fsp3) is 0.757. The number of amides is 15. The SMILES string of the molecule is CSCC[C@H](NC(=O)[C@@H](NC(=O)CNC(=O)[C@H](CC(C)C)NC(=O)[C@H](CCCCN)NC(=O)[C@H](CCCCN)NC(=O)[C@H](CC(C)C)NC(=O)[C@H](CCSC)NC(=O)[C@@H](NC(=O)[C@H](CCCCN)NC(=O)[C@H](Cc1cnc[nH]1)NC(=O)[C@H](CC(C)C)NC(=O)[C@H](C)N)[C@@H](C)O)[C@@H](C)O)C(=O)N[C@@H](C)C(=O)N[C@@H](CC(C)C)C(N)=O. The number of imidazole rings is 1. The minimum Gasteiger partial charge on any atom is -0.391 e. The summed E-state index contributed by atoms with van der Waals surface area (Å²) in [6.45, 7) is 19.6. The Morgan fingerprint density at radius 3 is 1.06 bits per heavy atom. The van der Waals surface area contributed by atoms with Gasteiger partial charge in [-0.05, 0) is 191 Å². The molecule has 0 spiro atoms. The summed E-state index contributed by atoms with van der Waals surface area (Å²) in [5.74, 6) is -12.4. The van der Waals surface area contributed by atoms with Crippen molar-refractivity contribution >= 4 is 112 Å². The third-order valence-electron chi connectivity index (χ3n) is 18.0.